The van der Waals surface area contributed by atoms with Crippen LogP contribution in [0.2, 0.25) is 5.15 Å². The summed E-state index contributed by atoms with van der Waals surface area (Å²) in [5, 5.41) is 3.36. The van der Waals surface area contributed by atoms with E-state index in [1.54, 1.807) is 12.1 Å². The molecule has 3 heterocycles. The van der Waals surface area contributed by atoms with E-state index in [9.17, 15) is 4.79 Å². The molecule has 0 radical (unpaired) electrons. The lowest BCUT2D eigenvalue weighted by Crippen LogP contribution is -2.38. The molecule has 0 unspecified atom stereocenters. The lowest BCUT2D eigenvalue weighted by Gasteiger charge is -2.25. The van der Waals surface area contributed by atoms with Gasteiger partial charge in [-0.25, -0.2) is 9.78 Å². The number of halogens is 1. The van der Waals surface area contributed by atoms with Crippen molar-refractivity contribution in [1.29, 1.82) is 0 Å². The van der Waals surface area contributed by atoms with E-state index in [0.717, 1.165) is 31.6 Å². The van der Waals surface area contributed by atoms with Gasteiger partial charge in [0.05, 0.1) is 11.4 Å². The van der Waals surface area contributed by atoms with Crippen molar-refractivity contribution < 1.29 is 4.79 Å². The molecule has 1 fully saturated rings. The minimum absolute atomic E-state index is 0.0967. The van der Waals surface area contributed by atoms with Gasteiger partial charge in [-0.15, -0.1) is 0 Å². The number of nitrogens with one attached hydrogen (secondary N) is 1. The van der Waals surface area contributed by atoms with Gasteiger partial charge in [-0.1, -0.05) is 11.6 Å². The van der Waals surface area contributed by atoms with Crippen LogP contribution in [0.5, 0.6) is 0 Å². The largest absolute Gasteiger partial charge is 0.369 e. The van der Waals surface area contributed by atoms with Crippen LogP contribution in [-0.4, -0.2) is 47.1 Å². The van der Waals surface area contributed by atoms with Crippen molar-refractivity contribution in [2.24, 2.45) is 0 Å². The topological polar surface area (TPSA) is 61.4 Å². The van der Waals surface area contributed by atoms with Gasteiger partial charge in [0, 0.05) is 44.3 Å². The van der Waals surface area contributed by atoms with Gasteiger partial charge in [0.25, 0.3) is 0 Å². The van der Waals surface area contributed by atoms with E-state index in [4.69, 9.17) is 11.6 Å². The summed E-state index contributed by atoms with van der Waals surface area (Å²) >= 11 is 5.87. The highest BCUT2D eigenvalue weighted by molar-refractivity contribution is 6.29. The maximum Gasteiger partial charge on any atom is 0.321 e. The van der Waals surface area contributed by atoms with E-state index in [1.807, 2.05) is 30.3 Å². The molecule has 6 nitrogen and oxygen atoms in total. The maximum absolute atomic E-state index is 12.6. The van der Waals surface area contributed by atoms with Crippen LogP contribution in [0.15, 0.2) is 30.6 Å². The number of carbonyl (C=O) groups is 1. The fraction of sp³-hybridized carbons (Fsp3) is 0.389. The molecule has 2 aromatic rings. The van der Waals surface area contributed by atoms with E-state index in [1.165, 1.54) is 5.69 Å². The second-order valence-electron chi connectivity index (χ2n) is 6.19. The summed E-state index contributed by atoms with van der Waals surface area (Å²) in [6.07, 6.45) is 4.61. The maximum atomic E-state index is 12.6. The molecule has 7 heteroatoms. The number of rotatable bonds is 2. The first-order valence-electron chi connectivity index (χ1n) is 8.39. The second kappa shape index (κ2) is 7.70. The Kier molecular flexibility index (Phi) is 5.38. The molecule has 25 heavy (non-hydrogen) atoms. The van der Waals surface area contributed by atoms with Gasteiger partial charge in [-0.2, -0.15) is 0 Å². The second-order valence-corrected chi connectivity index (χ2v) is 6.57. The van der Waals surface area contributed by atoms with Crippen LogP contribution in [0, 0.1) is 13.8 Å². The van der Waals surface area contributed by atoms with E-state index in [0.29, 0.717) is 23.1 Å². The molecule has 1 aliphatic rings. The predicted octanol–water partition coefficient (Wildman–Crippen LogP) is 3.49. The Morgan fingerprint density at radius 2 is 2.00 bits per heavy atom. The normalized spacial score (nSPS) is 15.0. The number of anilines is 2. The summed E-state index contributed by atoms with van der Waals surface area (Å²) in [7, 11) is 0. The molecule has 1 saturated heterocycles. The van der Waals surface area contributed by atoms with Crippen molar-refractivity contribution in [3.63, 3.8) is 0 Å². The van der Waals surface area contributed by atoms with Gasteiger partial charge in [0.15, 0.2) is 0 Å². The number of aryl methyl sites for hydroxylation is 2. The minimum atomic E-state index is -0.0967. The predicted molar refractivity (Wildman–Crippen MR) is 100 cm³/mol. The van der Waals surface area contributed by atoms with E-state index < -0.39 is 0 Å². The summed E-state index contributed by atoms with van der Waals surface area (Å²) < 4.78 is 0. The molecule has 0 saturated carbocycles. The fourth-order valence-electron chi connectivity index (χ4n) is 3.04. The molecule has 0 bridgehead atoms. The number of urea groups is 1. The van der Waals surface area contributed by atoms with Crippen LogP contribution in [0.1, 0.15) is 17.7 Å². The zero-order valence-electron chi connectivity index (χ0n) is 14.5. The van der Waals surface area contributed by atoms with Crippen LogP contribution in [0.4, 0.5) is 16.2 Å². The molecule has 3 rings (SSSR count). The van der Waals surface area contributed by atoms with Gasteiger partial charge in [-0.05, 0) is 44.0 Å². The Labute approximate surface area is 152 Å². The lowest BCUT2D eigenvalue weighted by molar-refractivity contribution is 0.215. The summed E-state index contributed by atoms with van der Waals surface area (Å²) in [5.74, 6) is 0. The summed E-state index contributed by atoms with van der Waals surface area (Å²) in [6, 6.07) is 5.40. The van der Waals surface area contributed by atoms with Crippen molar-refractivity contribution >= 4 is 29.0 Å². The van der Waals surface area contributed by atoms with Gasteiger partial charge in [0.2, 0.25) is 0 Å². The third-order valence-corrected chi connectivity index (χ3v) is 4.62. The number of aromatic nitrogens is 2. The quantitative estimate of drug-likeness (QED) is 0.834. The molecule has 0 spiro atoms. The molecule has 1 N–H and O–H groups in total. The Morgan fingerprint density at radius 1 is 1.16 bits per heavy atom. The zero-order valence-corrected chi connectivity index (χ0v) is 15.3. The average Bonchev–Trinajstić information content (AvgIpc) is 2.84. The lowest BCUT2D eigenvalue weighted by atomic mass is 10.2. The molecule has 0 atom stereocenters. The van der Waals surface area contributed by atoms with Crippen molar-refractivity contribution in [1.82, 2.24) is 14.9 Å². The number of hydrogen-bond donors (Lipinski definition) is 1. The fourth-order valence-corrected chi connectivity index (χ4v) is 3.23. The molecular weight excluding hydrogens is 338 g/mol. The third kappa shape index (κ3) is 4.20. The Balaban J connectivity index is 1.64. The number of nitrogens with zero attached hydrogens (tertiary/aromatic N) is 4. The number of carbonyl (C=O) groups excluding carboxylic acids is 1. The first-order valence-corrected chi connectivity index (χ1v) is 8.77. The number of hydrogen-bond acceptors (Lipinski definition) is 4. The highest BCUT2D eigenvalue weighted by Crippen LogP contribution is 2.21. The first-order chi connectivity index (χ1) is 12.0. The third-order valence-electron chi connectivity index (χ3n) is 4.41. The highest BCUT2D eigenvalue weighted by atomic mass is 35.5. The van der Waals surface area contributed by atoms with Gasteiger partial charge in [-0.3, -0.25) is 4.98 Å². The highest BCUT2D eigenvalue weighted by Gasteiger charge is 2.20. The van der Waals surface area contributed by atoms with E-state index in [2.05, 4.69) is 27.1 Å². The number of pyridine rings is 2. The molecule has 2 aromatic heterocycles. The summed E-state index contributed by atoms with van der Waals surface area (Å²) in [4.78, 5) is 25.1. The standard InChI is InChI=1S/C18H22ClN5O/c1-13-12-20-7-6-16(13)23-8-3-9-24(11-10-23)18(25)22-15-4-5-17(19)21-14(15)2/h4-7,12H,3,8-11H2,1-2H3,(H,22,25). The van der Waals surface area contributed by atoms with Crippen molar-refractivity contribution in [3.05, 3.63) is 47.0 Å². The van der Waals surface area contributed by atoms with Crippen LogP contribution >= 0.6 is 11.6 Å². The number of amides is 2. The summed E-state index contributed by atoms with van der Waals surface area (Å²) in [5.41, 5.74) is 3.75. The Bertz CT molecular complexity index is 767. The molecule has 0 aromatic carbocycles. The first kappa shape index (κ1) is 17.5. The zero-order chi connectivity index (χ0) is 17.8. The van der Waals surface area contributed by atoms with Crippen LogP contribution < -0.4 is 10.2 Å². The molecule has 2 amide bonds. The summed E-state index contributed by atoms with van der Waals surface area (Å²) in [6.45, 7) is 7.03. The van der Waals surface area contributed by atoms with Crippen molar-refractivity contribution in [2.45, 2.75) is 20.3 Å². The molecular formula is C18H22ClN5O. The SMILES string of the molecule is Cc1cnccc1N1CCCN(C(=O)Nc2ccc(Cl)nc2C)CC1. The average molecular weight is 360 g/mol. The molecule has 132 valence electrons. The Morgan fingerprint density at radius 3 is 2.76 bits per heavy atom. The van der Waals surface area contributed by atoms with Gasteiger partial charge >= 0.3 is 6.03 Å². The molecule has 0 aliphatic carbocycles. The van der Waals surface area contributed by atoms with E-state index >= 15 is 0 Å². The van der Waals surface area contributed by atoms with Gasteiger partial charge < -0.3 is 15.1 Å². The van der Waals surface area contributed by atoms with Crippen molar-refractivity contribution in [3.8, 4) is 0 Å². The minimum Gasteiger partial charge on any atom is -0.369 e. The smallest absolute Gasteiger partial charge is 0.321 e. The van der Waals surface area contributed by atoms with Crippen LogP contribution in [0.3, 0.4) is 0 Å². The van der Waals surface area contributed by atoms with Crippen molar-refractivity contribution in [2.75, 3.05) is 36.4 Å². The Hall–Kier alpha value is -2.34. The van der Waals surface area contributed by atoms with Crippen LogP contribution in [-0.2, 0) is 0 Å². The van der Waals surface area contributed by atoms with Crippen LogP contribution in [0.25, 0.3) is 0 Å². The molecule has 1 aliphatic heterocycles. The monoisotopic (exact) mass is 359 g/mol. The van der Waals surface area contributed by atoms with Gasteiger partial charge in [0.1, 0.15) is 5.15 Å². The van der Waals surface area contributed by atoms with E-state index in [-0.39, 0.29) is 6.03 Å².